The Morgan fingerprint density at radius 3 is 2.48 bits per heavy atom. The van der Waals surface area contributed by atoms with Gasteiger partial charge in [0.1, 0.15) is 0 Å². The van der Waals surface area contributed by atoms with Crippen molar-refractivity contribution in [2.75, 3.05) is 12.1 Å². The second-order valence-electron chi connectivity index (χ2n) is 4.33. The topological polar surface area (TPSA) is 3.24 Å². The number of likely N-dealkylation sites (tertiary alicyclic amines) is 1. The summed E-state index contributed by atoms with van der Waals surface area (Å²) in [6, 6.07) is 0.659. The lowest BCUT2D eigenvalue weighted by Gasteiger charge is -2.25. The summed E-state index contributed by atoms with van der Waals surface area (Å²) in [7, 11) is 0. The number of rotatable bonds is 7. The van der Waals surface area contributed by atoms with Crippen LogP contribution in [0.5, 0.6) is 0 Å². The largest absolute Gasteiger partial charge is 0.363 e. The molecule has 3 heteroatoms. The van der Waals surface area contributed by atoms with Crippen molar-refractivity contribution < 1.29 is 0 Å². The number of nitrogens with zero attached hydrogens (tertiary/aromatic N) is 1. The van der Waals surface area contributed by atoms with Gasteiger partial charge in [-0.05, 0) is 43.3 Å². The summed E-state index contributed by atoms with van der Waals surface area (Å²) in [4.78, 5) is 3.77. The number of hydrogen-bond donors (Lipinski definition) is 1. The van der Waals surface area contributed by atoms with Gasteiger partial charge >= 0.3 is 0 Å². The maximum absolute atomic E-state index is 4.39. The van der Waals surface area contributed by atoms with Crippen LogP contribution in [0, 0.1) is 0 Å². The van der Waals surface area contributed by atoms with Crippen LogP contribution in [0.4, 0.5) is 0 Å². The standard InChI is InChI=1S/C14H23NS2.2C2H6/c1-4-6-14(17-3)8-5-7-13-10-9-12(2)15(13)11-16;2*1-2/h4,6,13,16H,1-2,5,7-11H2,3H3;2*1-2H3/b14-6-;;. The zero-order valence-electron chi connectivity index (χ0n) is 14.7. The summed E-state index contributed by atoms with van der Waals surface area (Å²) in [5, 5.41) is 0. The molecule has 0 amide bonds. The van der Waals surface area contributed by atoms with Crippen LogP contribution in [-0.2, 0) is 0 Å². The van der Waals surface area contributed by atoms with Crippen LogP contribution < -0.4 is 0 Å². The third kappa shape index (κ3) is 9.36. The third-order valence-corrected chi connectivity index (χ3v) is 4.46. The highest BCUT2D eigenvalue weighted by Crippen LogP contribution is 2.30. The van der Waals surface area contributed by atoms with Gasteiger partial charge in [-0.25, -0.2) is 0 Å². The second kappa shape index (κ2) is 16.1. The van der Waals surface area contributed by atoms with E-state index in [4.69, 9.17) is 0 Å². The molecule has 0 N–H and O–H groups in total. The van der Waals surface area contributed by atoms with Crippen LogP contribution in [0.2, 0.25) is 0 Å². The molecule has 0 bridgehead atoms. The van der Waals surface area contributed by atoms with E-state index in [0.717, 1.165) is 18.7 Å². The fraction of sp³-hybridized carbons (Fsp3) is 0.667. The number of hydrogen-bond acceptors (Lipinski definition) is 3. The molecular weight excluding hydrogens is 294 g/mol. The predicted octanol–water partition coefficient (Wildman–Crippen LogP) is 6.51. The Kier molecular flexibility index (Phi) is 17.6. The van der Waals surface area contributed by atoms with Crippen LogP contribution in [-0.4, -0.2) is 23.1 Å². The first kappa shape index (κ1) is 23.0. The molecule has 124 valence electrons. The summed E-state index contributed by atoms with van der Waals surface area (Å²) in [5.74, 6) is 0.807. The van der Waals surface area contributed by atoms with E-state index in [0.29, 0.717) is 6.04 Å². The van der Waals surface area contributed by atoms with Crippen LogP contribution >= 0.6 is 24.4 Å². The summed E-state index contributed by atoms with van der Waals surface area (Å²) in [6.45, 7) is 15.8. The molecule has 1 heterocycles. The van der Waals surface area contributed by atoms with Gasteiger partial charge in [-0.2, -0.15) is 12.6 Å². The van der Waals surface area contributed by atoms with E-state index in [-0.39, 0.29) is 0 Å². The van der Waals surface area contributed by atoms with Crippen molar-refractivity contribution in [3.8, 4) is 0 Å². The normalized spacial score (nSPS) is 17.6. The van der Waals surface area contributed by atoms with E-state index >= 15 is 0 Å². The highest BCUT2D eigenvalue weighted by Gasteiger charge is 2.24. The molecule has 0 aromatic carbocycles. The molecule has 1 unspecified atom stereocenters. The Bertz CT molecular complexity index is 298. The number of thiol groups is 1. The van der Waals surface area contributed by atoms with Crippen molar-refractivity contribution in [1.29, 1.82) is 0 Å². The minimum absolute atomic E-state index is 0.659. The lowest BCUT2D eigenvalue weighted by molar-refractivity contribution is 0.319. The first-order valence-corrected chi connectivity index (χ1v) is 9.99. The average Bonchev–Trinajstić information content (AvgIpc) is 2.90. The fourth-order valence-electron chi connectivity index (χ4n) is 2.30. The predicted molar refractivity (Wildman–Crippen MR) is 106 cm³/mol. The van der Waals surface area contributed by atoms with E-state index in [2.05, 4.69) is 43.0 Å². The van der Waals surface area contributed by atoms with Gasteiger partial charge in [0.2, 0.25) is 0 Å². The Hall–Kier alpha value is -0.280. The van der Waals surface area contributed by atoms with Gasteiger partial charge in [0.25, 0.3) is 0 Å². The quantitative estimate of drug-likeness (QED) is 0.419. The van der Waals surface area contributed by atoms with Crippen LogP contribution in [0.3, 0.4) is 0 Å². The van der Waals surface area contributed by atoms with Gasteiger partial charge in [-0.1, -0.05) is 53.0 Å². The molecule has 0 aromatic rings. The minimum atomic E-state index is 0.659. The maximum Gasteiger partial charge on any atom is 0.0610 e. The number of allylic oxidation sites excluding steroid dienone is 4. The van der Waals surface area contributed by atoms with E-state index in [9.17, 15) is 0 Å². The molecule has 21 heavy (non-hydrogen) atoms. The van der Waals surface area contributed by atoms with Crippen LogP contribution in [0.1, 0.15) is 59.8 Å². The van der Waals surface area contributed by atoms with Gasteiger partial charge in [-0.15, -0.1) is 11.8 Å². The molecule has 1 fully saturated rings. The molecule has 1 saturated heterocycles. The first-order chi connectivity index (χ1) is 10.2. The SMILES string of the molecule is C=C/C=C(/CCCC1CCC(=C)N1CS)SC.CC.CC. The van der Waals surface area contributed by atoms with Gasteiger partial charge < -0.3 is 4.90 Å². The van der Waals surface area contributed by atoms with Crippen molar-refractivity contribution in [3.05, 3.63) is 35.9 Å². The number of thioether (sulfide) groups is 1. The zero-order valence-corrected chi connectivity index (χ0v) is 16.4. The Morgan fingerprint density at radius 1 is 1.38 bits per heavy atom. The van der Waals surface area contributed by atoms with Gasteiger partial charge in [0.05, 0.1) is 5.88 Å². The summed E-state index contributed by atoms with van der Waals surface area (Å²) in [5.41, 5.74) is 1.26. The molecule has 1 aliphatic rings. The lowest BCUT2D eigenvalue weighted by atomic mass is 10.1. The van der Waals surface area contributed by atoms with E-state index in [1.54, 1.807) is 0 Å². The average molecular weight is 330 g/mol. The highest BCUT2D eigenvalue weighted by molar-refractivity contribution is 8.02. The molecule has 0 saturated carbocycles. The highest BCUT2D eigenvalue weighted by atomic mass is 32.2. The summed E-state index contributed by atoms with van der Waals surface area (Å²) >= 11 is 6.21. The maximum atomic E-state index is 4.39. The first-order valence-electron chi connectivity index (χ1n) is 8.13. The fourth-order valence-corrected chi connectivity index (χ4v) is 3.32. The summed E-state index contributed by atoms with van der Waals surface area (Å²) < 4.78 is 0. The van der Waals surface area contributed by atoms with E-state index in [1.165, 1.54) is 29.9 Å². The molecule has 0 aromatic heterocycles. The van der Waals surface area contributed by atoms with Crippen molar-refractivity contribution in [1.82, 2.24) is 4.90 Å². The van der Waals surface area contributed by atoms with Gasteiger partial charge in [0, 0.05) is 11.7 Å². The van der Waals surface area contributed by atoms with E-state index in [1.807, 2.05) is 45.5 Å². The molecule has 1 atom stereocenters. The molecule has 1 rings (SSSR count). The second-order valence-corrected chi connectivity index (χ2v) is 5.55. The van der Waals surface area contributed by atoms with Crippen molar-refractivity contribution in [2.24, 2.45) is 0 Å². The third-order valence-electron chi connectivity index (χ3n) is 3.29. The molecular formula is C18H35NS2. The van der Waals surface area contributed by atoms with Crippen LogP contribution in [0.25, 0.3) is 0 Å². The molecule has 0 spiro atoms. The molecule has 0 aliphatic carbocycles. The van der Waals surface area contributed by atoms with Crippen molar-refractivity contribution in [2.45, 2.75) is 65.8 Å². The van der Waals surface area contributed by atoms with Gasteiger partial charge in [-0.3, -0.25) is 0 Å². The summed E-state index contributed by atoms with van der Waals surface area (Å²) in [6.07, 6.45) is 12.2. The molecule has 1 nitrogen and oxygen atoms in total. The van der Waals surface area contributed by atoms with Crippen molar-refractivity contribution >= 4 is 24.4 Å². The molecule has 1 aliphatic heterocycles. The Labute approximate surface area is 143 Å². The van der Waals surface area contributed by atoms with E-state index < -0.39 is 0 Å². The smallest absolute Gasteiger partial charge is 0.0610 e. The Morgan fingerprint density at radius 2 is 2.00 bits per heavy atom. The van der Waals surface area contributed by atoms with Gasteiger partial charge in [0.15, 0.2) is 0 Å². The lowest BCUT2D eigenvalue weighted by Crippen LogP contribution is -2.26. The monoisotopic (exact) mass is 329 g/mol. The zero-order chi connectivity index (χ0) is 16.7. The minimum Gasteiger partial charge on any atom is -0.363 e. The van der Waals surface area contributed by atoms with Crippen molar-refractivity contribution in [3.63, 3.8) is 0 Å². The van der Waals surface area contributed by atoms with Crippen LogP contribution in [0.15, 0.2) is 35.9 Å². The molecule has 0 radical (unpaired) electrons. The Balaban J connectivity index is 0.